The summed E-state index contributed by atoms with van der Waals surface area (Å²) in [6, 6.07) is 1.21. The summed E-state index contributed by atoms with van der Waals surface area (Å²) < 4.78 is 4.69. The fourth-order valence-corrected chi connectivity index (χ4v) is 3.27. The van der Waals surface area contributed by atoms with E-state index in [0.717, 1.165) is 10.7 Å². The van der Waals surface area contributed by atoms with Crippen LogP contribution in [0.3, 0.4) is 0 Å². The summed E-state index contributed by atoms with van der Waals surface area (Å²) >= 11 is 1.46. The quantitative estimate of drug-likeness (QED) is 0.785. The third-order valence-electron chi connectivity index (χ3n) is 3.70. The number of amides is 1. The van der Waals surface area contributed by atoms with Crippen molar-refractivity contribution in [1.82, 2.24) is 25.2 Å². The zero-order valence-corrected chi connectivity index (χ0v) is 14.0. The molecule has 1 N–H and O–H groups in total. The Labute approximate surface area is 142 Å². The number of esters is 1. The highest BCUT2D eigenvalue weighted by Crippen LogP contribution is 2.22. The molecular formula is C15H17N5O3S. The first-order chi connectivity index (χ1) is 11.7. The molecule has 3 rings (SSSR count). The number of thiazole rings is 1. The zero-order chi connectivity index (χ0) is 16.9. The van der Waals surface area contributed by atoms with Crippen molar-refractivity contribution < 1.29 is 14.3 Å². The Hall–Kier alpha value is -2.39. The topological polar surface area (TPSA) is 97.3 Å². The van der Waals surface area contributed by atoms with Gasteiger partial charge in [-0.05, 0) is 6.07 Å². The molecule has 1 fully saturated rings. The minimum atomic E-state index is -0.538. The molecule has 24 heavy (non-hydrogen) atoms. The van der Waals surface area contributed by atoms with E-state index < -0.39 is 12.0 Å². The molecule has 2 aromatic heterocycles. The van der Waals surface area contributed by atoms with Crippen LogP contribution in [0.1, 0.15) is 12.1 Å². The van der Waals surface area contributed by atoms with Gasteiger partial charge in [0, 0.05) is 37.4 Å². The highest BCUT2D eigenvalue weighted by atomic mass is 32.1. The maximum absolute atomic E-state index is 12.1. The molecule has 1 atom stereocenters. The summed E-state index contributed by atoms with van der Waals surface area (Å²) in [6.45, 7) is 1.69. The number of rotatable bonds is 5. The second-order valence-corrected chi connectivity index (χ2v) is 6.13. The van der Waals surface area contributed by atoms with Gasteiger partial charge >= 0.3 is 5.97 Å². The molecule has 0 spiro atoms. The molecule has 1 amide bonds. The lowest BCUT2D eigenvalue weighted by Gasteiger charge is -2.33. The Kier molecular flexibility index (Phi) is 5.11. The molecule has 1 aliphatic heterocycles. The second kappa shape index (κ2) is 7.45. The van der Waals surface area contributed by atoms with E-state index in [1.165, 1.54) is 18.4 Å². The Morgan fingerprint density at radius 1 is 1.46 bits per heavy atom. The summed E-state index contributed by atoms with van der Waals surface area (Å²) in [7, 11) is 1.32. The third-order valence-corrected chi connectivity index (χ3v) is 4.59. The number of carbonyl (C=O) groups excluding carboxylic acids is 2. The second-order valence-electron chi connectivity index (χ2n) is 5.27. The molecule has 8 nitrogen and oxygen atoms in total. The van der Waals surface area contributed by atoms with E-state index in [-0.39, 0.29) is 12.3 Å². The number of piperazine rings is 1. The number of ether oxygens (including phenoxy) is 1. The molecule has 0 bridgehead atoms. The summed E-state index contributed by atoms with van der Waals surface area (Å²) in [4.78, 5) is 38.5. The Bertz CT molecular complexity index is 721. The molecule has 0 unspecified atom stereocenters. The van der Waals surface area contributed by atoms with Crippen molar-refractivity contribution in [2.45, 2.75) is 19.0 Å². The van der Waals surface area contributed by atoms with E-state index in [2.05, 4.69) is 25.0 Å². The summed E-state index contributed by atoms with van der Waals surface area (Å²) in [6.07, 6.45) is 3.37. The van der Waals surface area contributed by atoms with Crippen LogP contribution >= 0.6 is 11.3 Å². The van der Waals surface area contributed by atoms with Crippen LogP contribution in [0, 0.1) is 0 Å². The van der Waals surface area contributed by atoms with Crippen LogP contribution < -0.4 is 5.32 Å². The van der Waals surface area contributed by atoms with Crippen molar-refractivity contribution in [2.75, 3.05) is 20.2 Å². The molecule has 1 saturated heterocycles. The summed E-state index contributed by atoms with van der Waals surface area (Å²) in [5.41, 5.74) is 0.826. The maximum Gasteiger partial charge on any atom is 0.307 e. The van der Waals surface area contributed by atoms with Gasteiger partial charge in [-0.25, -0.2) is 15.0 Å². The lowest BCUT2D eigenvalue weighted by molar-refractivity contribution is -0.146. The standard InChI is InChI=1S/C15H17N5O3S/c1-23-12(21)7-11-14(22)18-5-6-20(11)8-10-9-24-15(19-10)13-16-3-2-4-17-13/h2-4,9,11H,5-8H2,1H3,(H,18,22)/t11-/m1/s1. The van der Waals surface area contributed by atoms with Gasteiger partial charge < -0.3 is 10.1 Å². The van der Waals surface area contributed by atoms with Crippen molar-refractivity contribution in [3.05, 3.63) is 29.5 Å². The Balaban J connectivity index is 1.72. The predicted molar refractivity (Wildman–Crippen MR) is 87.0 cm³/mol. The van der Waals surface area contributed by atoms with Crippen molar-refractivity contribution in [3.8, 4) is 10.8 Å². The minimum absolute atomic E-state index is 0.0289. The molecule has 0 aliphatic carbocycles. The average Bonchev–Trinajstić information content (AvgIpc) is 3.07. The maximum atomic E-state index is 12.1. The molecular weight excluding hydrogens is 330 g/mol. The van der Waals surface area contributed by atoms with Crippen LogP contribution in [0.4, 0.5) is 0 Å². The van der Waals surface area contributed by atoms with Gasteiger partial charge in [-0.2, -0.15) is 0 Å². The van der Waals surface area contributed by atoms with Gasteiger partial charge in [-0.3, -0.25) is 14.5 Å². The normalized spacial score (nSPS) is 18.2. The van der Waals surface area contributed by atoms with Gasteiger partial charge in [-0.15, -0.1) is 11.3 Å². The molecule has 0 radical (unpaired) electrons. The molecule has 1 aliphatic rings. The first-order valence-electron chi connectivity index (χ1n) is 7.47. The van der Waals surface area contributed by atoms with Gasteiger partial charge in [-0.1, -0.05) is 0 Å². The fourth-order valence-electron chi connectivity index (χ4n) is 2.51. The number of hydrogen-bond donors (Lipinski definition) is 1. The van der Waals surface area contributed by atoms with E-state index >= 15 is 0 Å². The van der Waals surface area contributed by atoms with Crippen molar-refractivity contribution >= 4 is 23.2 Å². The lowest BCUT2D eigenvalue weighted by atomic mass is 10.1. The SMILES string of the molecule is COC(=O)C[C@@H]1C(=O)NCCN1Cc1csc(-c2ncccn2)n1. The van der Waals surface area contributed by atoms with Crippen LogP contribution in [0.5, 0.6) is 0 Å². The number of methoxy groups -OCH3 is 1. The molecule has 9 heteroatoms. The molecule has 2 aromatic rings. The van der Waals surface area contributed by atoms with Crippen LogP contribution in [-0.4, -0.2) is 58.0 Å². The van der Waals surface area contributed by atoms with E-state index in [1.54, 1.807) is 18.5 Å². The van der Waals surface area contributed by atoms with Gasteiger partial charge in [0.2, 0.25) is 5.91 Å². The average molecular weight is 347 g/mol. The van der Waals surface area contributed by atoms with E-state index in [4.69, 9.17) is 0 Å². The number of aromatic nitrogens is 3. The van der Waals surface area contributed by atoms with Crippen LogP contribution in [-0.2, 0) is 20.9 Å². The number of nitrogens with one attached hydrogen (secondary N) is 1. The monoisotopic (exact) mass is 347 g/mol. The first kappa shape index (κ1) is 16.5. The fraction of sp³-hybridized carbons (Fsp3) is 0.400. The minimum Gasteiger partial charge on any atom is -0.469 e. The van der Waals surface area contributed by atoms with Gasteiger partial charge in [0.05, 0.1) is 19.2 Å². The van der Waals surface area contributed by atoms with Crippen LogP contribution in [0.15, 0.2) is 23.8 Å². The van der Waals surface area contributed by atoms with Crippen molar-refractivity contribution in [2.24, 2.45) is 0 Å². The summed E-state index contributed by atoms with van der Waals surface area (Å²) in [5, 5.41) is 5.44. The van der Waals surface area contributed by atoms with E-state index in [1.807, 2.05) is 10.3 Å². The third kappa shape index (κ3) is 3.74. The smallest absolute Gasteiger partial charge is 0.307 e. The summed E-state index contributed by atoms with van der Waals surface area (Å²) in [5.74, 6) is 0.0171. The molecule has 0 saturated carbocycles. The molecule has 3 heterocycles. The van der Waals surface area contributed by atoms with Crippen molar-refractivity contribution in [3.63, 3.8) is 0 Å². The van der Waals surface area contributed by atoms with Crippen molar-refractivity contribution in [1.29, 1.82) is 0 Å². The molecule has 126 valence electrons. The Morgan fingerprint density at radius 3 is 3.00 bits per heavy atom. The first-order valence-corrected chi connectivity index (χ1v) is 8.35. The zero-order valence-electron chi connectivity index (χ0n) is 13.1. The van der Waals surface area contributed by atoms with Crippen LogP contribution in [0.25, 0.3) is 10.8 Å². The lowest BCUT2D eigenvalue weighted by Crippen LogP contribution is -2.55. The van der Waals surface area contributed by atoms with Gasteiger partial charge in [0.1, 0.15) is 6.04 Å². The largest absolute Gasteiger partial charge is 0.469 e. The number of nitrogens with zero attached hydrogens (tertiary/aromatic N) is 4. The molecule has 0 aromatic carbocycles. The number of carbonyl (C=O) groups is 2. The van der Waals surface area contributed by atoms with Gasteiger partial charge in [0.15, 0.2) is 10.8 Å². The van der Waals surface area contributed by atoms with Gasteiger partial charge in [0.25, 0.3) is 0 Å². The van der Waals surface area contributed by atoms with E-state index in [0.29, 0.717) is 25.5 Å². The van der Waals surface area contributed by atoms with Crippen LogP contribution in [0.2, 0.25) is 0 Å². The Morgan fingerprint density at radius 2 is 2.25 bits per heavy atom. The highest BCUT2D eigenvalue weighted by molar-refractivity contribution is 7.13. The van der Waals surface area contributed by atoms with E-state index in [9.17, 15) is 9.59 Å². The predicted octanol–water partition coefficient (Wildman–Crippen LogP) is 0.464. The highest BCUT2D eigenvalue weighted by Gasteiger charge is 2.32. The number of hydrogen-bond acceptors (Lipinski definition) is 8.